The largest absolute Gasteiger partial charge is 0.497 e. The van der Waals surface area contributed by atoms with Crippen molar-refractivity contribution in [1.82, 2.24) is 5.32 Å². The zero-order valence-electron chi connectivity index (χ0n) is 24.2. The molecule has 2 unspecified atom stereocenters. The highest BCUT2D eigenvalue weighted by molar-refractivity contribution is 6.03. The summed E-state index contributed by atoms with van der Waals surface area (Å²) >= 11 is 0. The number of aryl methyl sites for hydroxylation is 2. The molecule has 13 nitrogen and oxygen atoms in total. The first kappa shape index (κ1) is 31.4. The van der Waals surface area contributed by atoms with E-state index in [2.05, 4.69) is 15.3 Å². The number of carbonyl (C=O) groups is 1. The molecule has 2 aromatic carbocycles. The van der Waals surface area contributed by atoms with Gasteiger partial charge >= 0.3 is 11.6 Å². The third kappa shape index (κ3) is 5.04. The first-order valence-corrected chi connectivity index (χ1v) is 13.0. The van der Waals surface area contributed by atoms with Crippen LogP contribution in [-0.2, 0) is 11.3 Å². The number of amidine groups is 1. The number of alkyl halides is 2. The van der Waals surface area contributed by atoms with E-state index in [0.717, 1.165) is 6.34 Å². The molecule has 15 heteroatoms. The summed E-state index contributed by atoms with van der Waals surface area (Å²) in [5.74, 6) is -5.17. The number of amides is 1. The van der Waals surface area contributed by atoms with E-state index in [0.29, 0.717) is 33.8 Å². The summed E-state index contributed by atoms with van der Waals surface area (Å²) in [5, 5.41) is 23.9. The molecule has 0 aliphatic heterocycles. The van der Waals surface area contributed by atoms with Crippen LogP contribution < -0.4 is 31.0 Å². The van der Waals surface area contributed by atoms with Crippen LogP contribution in [0, 0.1) is 40.7 Å². The Hall–Kier alpha value is -5.52. The van der Waals surface area contributed by atoms with Crippen molar-refractivity contribution < 1.29 is 32.7 Å². The number of ether oxygens (including phenoxy) is 3. The Kier molecular flexibility index (Phi) is 8.31. The second kappa shape index (κ2) is 11.6. The van der Waals surface area contributed by atoms with Crippen LogP contribution in [0.15, 0.2) is 58.0 Å². The number of primary amides is 1. The molecular formula is C29H29F2N7O6. The third-order valence-electron chi connectivity index (χ3n) is 7.63. The van der Waals surface area contributed by atoms with Crippen LogP contribution in [-0.4, -0.2) is 48.7 Å². The molecule has 0 saturated heterocycles. The molecule has 230 valence electrons. The number of fused-ring (bicyclic) bond motifs is 1. The van der Waals surface area contributed by atoms with Crippen molar-refractivity contribution in [2.24, 2.45) is 26.9 Å². The number of allylic oxidation sites excluding steroid dienone is 1. The van der Waals surface area contributed by atoms with E-state index in [4.69, 9.17) is 30.9 Å². The molecule has 0 radical (unpaired) electrons. The number of nitrogens with zero attached hydrogens (tertiary/aromatic N) is 4. The third-order valence-corrected chi connectivity index (χ3v) is 7.63. The van der Waals surface area contributed by atoms with Gasteiger partial charge < -0.3 is 31.0 Å². The van der Waals surface area contributed by atoms with Crippen LogP contribution in [0.5, 0.6) is 17.2 Å². The average molecular weight is 610 g/mol. The number of halogens is 2. The Morgan fingerprint density at radius 2 is 1.91 bits per heavy atom. The Morgan fingerprint density at radius 3 is 2.41 bits per heavy atom. The van der Waals surface area contributed by atoms with Gasteiger partial charge in [-0.1, -0.05) is 0 Å². The first-order chi connectivity index (χ1) is 20.8. The van der Waals surface area contributed by atoms with Crippen molar-refractivity contribution in [2.75, 3.05) is 14.2 Å². The maximum absolute atomic E-state index is 14.9. The topological polar surface area (TPSA) is 200 Å². The van der Waals surface area contributed by atoms with Crippen LogP contribution in [0.3, 0.4) is 0 Å². The quantitative estimate of drug-likeness (QED) is 0.0807. The monoisotopic (exact) mass is 609 g/mol. The van der Waals surface area contributed by atoms with Crippen molar-refractivity contribution in [3.8, 4) is 23.3 Å². The van der Waals surface area contributed by atoms with Crippen molar-refractivity contribution in [3.63, 3.8) is 0 Å². The second-order valence-electron chi connectivity index (χ2n) is 10.1. The van der Waals surface area contributed by atoms with Gasteiger partial charge in [0.25, 0.3) is 5.92 Å². The molecule has 0 spiro atoms. The van der Waals surface area contributed by atoms with E-state index in [1.807, 2.05) is 6.07 Å². The van der Waals surface area contributed by atoms with Crippen LogP contribution in [0.2, 0.25) is 0 Å². The minimum atomic E-state index is -3.58. The van der Waals surface area contributed by atoms with Crippen molar-refractivity contribution in [2.45, 2.75) is 38.3 Å². The van der Waals surface area contributed by atoms with Gasteiger partial charge in [0.2, 0.25) is 11.7 Å². The van der Waals surface area contributed by atoms with Gasteiger partial charge in [0.15, 0.2) is 0 Å². The summed E-state index contributed by atoms with van der Waals surface area (Å²) in [7, 11) is 2.85. The SMILES string of the molecule is COc1ccc(CN=C(NC23CC2(C(N)=O)C3(F)F)/C(=C(\N=C\N)Oc2c(C)cc(/C=C/C#N)cc2C)[N+](=O)[O-])c(OC)c1. The van der Waals surface area contributed by atoms with Gasteiger partial charge in [-0.3, -0.25) is 19.9 Å². The molecule has 2 fully saturated rings. The Balaban J connectivity index is 1.85. The fourth-order valence-electron chi connectivity index (χ4n) is 5.22. The normalized spacial score (nSPS) is 22.1. The Morgan fingerprint density at radius 1 is 1.23 bits per heavy atom. The van der Waals surface area contributed by atoms with Crippen LogP contribution in [0.4, 0.5) is 8.78 Å². The van der Waals surface area contributed by atoms with Gasteiger partial charge in [-0.05, 0) is 60.9 Å². The summed E-state index contributed by atoms with van der Waals surface area (Å²) in [5.41, 5.74) is 7.66. The molecule has 4 rings (SSSR count). The van der Waals surface area contributed by atoms with Gasteiger partial charge in [0, 0.05) is 24.1 Å². The van der Waals surface area contributed by atoms with Gasteiger partial charge in [0.05, 0.1) is 38.1 Å². The number of nitrogens with one attached hydrogen (secondary N) is 1. The minimum absolute atomic E-state index is 0.169. The van der Waals surface area contributed by atoms with E-state index in [1.165, 1.54) is 20.3 Å². The number of rotatable bonds is 12. The molecule has 5 N–H and O–H groups in total. The van der Waals surface area contributed by atoms with E-state index in [-0.39, 0.29) is 18.7 Å². The predicted molar refractivity (Wildman–Crippen MR) is 156 cm³/mol. The lowest BCUT2D eigenvalue weighted by molar-refractivity contribution is -0.418. The number of nitrogens with two attached hydrogens (primary N) is 2. The molecule has 2 aliphatic rings. The van der Waals surface area contributed by atoms with Crippen LogP contribution in [0.1, 0.15) is 28.7 Å². The van der Waals surface area contributed by atoms with Gasteiger partial charge in [0.1, 0.15) is 28.2 Å². The lowest BCUT2D eigenvalue weighted by Crippen LogP contribution is -2.41. The number of aliphatic imine (C=N–C) groups is 2. The fourth-order valence-corrected chi connectivity index (χ4v) is 5.22. The first-order valence-electron chi connectivity index (χ1n) is 13.0. The highest BCUT2D eigenvalue weighted by Crippen LogP contribution is 2.87. The second-order valence-corrected chi connectivity index (χ2v) is 10.1. The van der Waals surface area contributed by atoms with Crippen molar-refractivity contribution in [1.29, 1.82) is 5.26 Å². The van der Waals surface area contributed by atoms with Crippen molar-refractivity contribution >= 4 is 24.2 Å². The molecule has 44 heavy (non-hydrogen) atoms. The summed E-state index contributed by atoms with van der Waals surface area (Å²) in [6, 6.07) is 9.99. The summed E-state index contributed by atoms with van der Waals surface area (Å²) < 4.78 is 46.3. The lowest BCUT2D eigenvalue weighted by Gasteiger charge is -2.17. The van der Waals surface area contributed by atoms with Crippen LogP contribution >= 0.6 is 0 Å². The molecular weight excluding hydrogens is 580 g/mol. The van der Waals surface area contributed by atoms with E-state index >= 15 is 0 Å². The van der Waals surface area contributed by atoms with Gasteiger partial charge in [-0.25, -0.2) is 8.78 Å². The maximum Gasteiger partial charge on any atom is 0.372 e. The lowest BCUT2D eigenvalue weighted by atomic mass is 10.1. The Labute approximate surface area is 250 Å². The van der Waals surface area contributed by atoms with Crippen LogP contribution in [0.25, 0.3) is 6.08 Å². The fraction of sp³-hybridized carbons (Fsp3) is 0.310. The standard InChI is InChI=1S/C29H29F2N7O6/c1-16-10-18(6-5-9-32)11-17(2)23(16)44-25(36-15-33)22(38(40)41)24(37-28-14-27(28,26(34)39)29(28,30)31)35-13-19-7-8-20(42-3)12-21(19)43-4/h5-8,10-12,15H,13-14H2,1-4H3,(H2,33,36)(H2,34,39)(H,35,37)/b6-5+,25-22-. The number of carbonyl (C=O) groups excluding carboxylic acids is 1. The number of methoxy groups -OCH3 is 2. The molecule has 0 bridgehead atoms. The van der Waals surface area contributed by atoms with E-state index < -0.39 is 45.1 Å². The molecule has 0 heterocycles. The Bertz CT molecular complexity index is 1670. The molecule has 2 aliphatic carbocycles. The number of hydrogen-bond acceptors (Lipinski definition) is 9. The summed E-state index contributed by atoms with van der Waals surface area (Å²) in [6.45, 7) is 3.05. The number of nitro groups is 1. The molecule has 1 amide bonds. The molecule has 2 aromatic rings. The van der Waals surface area contributed by atoms with Gasteiger partial charge in [-0.15, -0.1) is 0 Å². The predicted octanol–water partition coefficient (Wildman–Crippen LogP) is 3.12. The van der Waals surface area contributed by atoms with E-state index in [9.17, 15) is 23.7 Å². The zero-order valence-corrected chi connectivity index (χ0v) is 24.2. The van der Waals surface area contributed by atoms with Crippen molar-refractivity contribution in [3.05, 3.63) is 80.4 Å². The number of hydrogen-bond donors (Lipinski definition) is 3. The smallest absolute Gasteiger partial charge is 0.372 e. The highest BCUT2D eigenvalue weighted by atomic mass is 19.3. The maximum atomic E-state index is 14.9. The summed E-state index contributed by atoms with van der Waals surface area (Å²) in [6.07, 6.45) is 3.24. The molecule has 0 aromatic heterocycles. The minimum Gasteiger partial charge on any atom is -0.497 e. The number of benzene rings is 2. The molecule has 2 saturated carbocycles. The van der Waals surface area contributed by atoms with Gasteiger partial charge in [-0.2, -0.15) is 10.3 Å². The molecule has 2 atom stereocenters. The van der Waals surface area contributed by atoms with E-state index in [1.54, 1.807) is 50.3 Å². The number of nitriles is 1. The highest BCUT2D eigenvalue weighted by Gasteiger charge is 3.08. The summed E-state index contributed by atoms with van der Waals surface area (Å²) in [4.78, 5) is 31.8. The average Bonchev–Trinajstić information content (AvgIpc) is 3.80. The zero-order chi connectivity index (χ0) is 32.4.